The molecule has 0 aliphatic heterocycles. The van der Waals surface area contributed by atoms with Gasteiger partial charge in [-0.15, -0.1) is 0 Å². The number of halogens is 8. The van der Waals surface area contributed by atoms with Crippen LogP contribution in [0.25, 0.3) is 0 Å². The number of hydrogen-bond acceptors (Lipinski definition) is 4. The molecule has 0 amide bonds. The molecule has 0 unspecified atom stereocenters. The number of esters is 2. The number of rotatable bonds is 5. The van der Waals surface area contributed by atoms with E-state index in [-0.39, 0.29) is 25.1 Å². The van der Waals surface area contributed by atoms with Crippen LogP contribution in [0.4, 0.5) is 35.1 Å². The van der Waals surface area contributed by atoms with Crippen LogP contribution in [0.2, 0.25) is 0 Å². The van der Waals surface area contributed by atoms with Crippen molar-refractivity contribution >= 4 is 11.9 Å². The van der Waals surface area contributed by atoms with Gasteiger partial charge in [0.2, 0.25) is 0 Å². The van der Waals surface area contributed by atoms with Crippen LogP contribution < -0.4 is 0 Å². The van der Waals surface area contributed by atoms with Crippen LogP contribution in [0, 0.1) is 0 Å². The van der Waals surface area contributed by atoms with Gasteiger partial charge in [0.1, 0.15) is 13.2 Å². The standard InChI is InChI=1S/C14H10F8O4/c1-12(15,16)11(24)26-3-2-25-10(23)7-4-8(13(17,18)19)6-9(5-7)14(20,21)22/h4-6H,2-3H2,1H3. The van der Waals surface area contributed by atoms with Crippen LogP contribution in [-0.4, -0.2) is 31.1 Å². The van der Waals surface area contributed by atoms with E-state index in [0.29, 0.717) is 0 Å². The van der Waals surface area contributed by atoms with Crippen molar-refractivity contribution in [2.45, 2.75) is 25.2 Å². The second-order valence-electron chi connectivity index (χ2n) is 4.95. The van der Waals surface area contributed by atoms with Crippen LogP contribution in [0.5, 0.6) is 0 Å². The minimum atomic E-state index is -5.15. The first kappa shape index (κ1) is 21.6. The smallest absolute Gasteiger partial charge is 0.416 e. The van der Waals surface area contributed by atoms with Crippen LogP contribution >= 0.6 is 0 Å². The van der Waals surface area contributed by atoms with Gasteiger partial charge in [-0.25, -0.2) is 9.59 Å². The second-order valence-corrected chi connectivity index (χ2v) is 4.95. The number of carbonyl (C=O) groups excluding carboxylic acids is 2. The first-order valence-electron chi connectivity index (χ1n) is 6.64. The molecule has 1 aromatic rings. The van der Waals surface area contributed by atoms with E-state index in [4.69, 9.17) is 0 Å². The van der Waals surface area contributed by atoms with Crippen molar-refractivity contribution in [2.75, 3.05) is 13.2 Å². The lowest BCUT2D eigenvalue weighted by Crippen LogP contribution is -2.28. The molecule has 0 atom stereocenters. The second kappa shape index (κ2) is 7.46. The number of benzene rings is 1. The predicted molar refractivity (Wildman–Crippen MR) is 68.3 cm³/mol. The monoisotopic (exact) mass is 394 g/mol. The van der Waals surface area contributed by atoms with E-state index < -0.39 is 60.1 Å². The van der Waals surface area contributed by atoms with Crippen molar-refractivity contribution in [3.63, 3.8) is 0 Å². The molecule has 12 heteroatoms. The SMILES string of the molecule is CC(F)(F)C(=O)OCCOC(=O)c1cc(C(F)(F)F)cc(C(F)(F)F)c1. The number of ether oxygens (including phenoxy) is 2. The summed E-state index contributed by atoms with van der Waals surface area (Å²) in [4.78, 5) is 22.3. The van der Waals surface area contributed by atoms with Crippen molar-refractivity contribution < 1.29 is 54.2 Å². The summed E-state index contributed by atoms with van der Waals surface area (Å²) in [7, 11) is 0. The number of carbonyl (C=O) groups is 2. The minimum Gasteiger partial charge on any atom is -0.458 e. The Morgan fingerprint density at radius 3 is 1.62 bits per heavy atom. The van der Waals surface area contributed by atoms with Gasteiger partial charge in [-0.05, 0) is 18.2 Å². The van der Waals surface area contributed by atoms with Crippen LogP contribution in [0.3, 0.4) is 0 Å². The summed E-state index contributed by atoms with van der Waals surface area (Å²) < 4.78 is 109. The van der Waals surface area contributed by atoms with Crippen LogP contribution in [-0.2, 0) is 26.6 Å². The van der Waals surface area contributed by atoms with Crippen LogP contribution in [0.1, 0.15) is 28.4 Å². The largest absolute Gasteiger partial charge is 0.458 e. The molecule has 1 rings (SSSR count). The molecule has 1 aromatic carbocycles. The zero-order valence-electron chi connectivity index (χ0n) is 12.8. The van der Waals surface area contributed by atoms with E-state index in [9.17, 15) is 44.7 Å². The maximum absolute atomic E-state index is 12.7. The molecular weight excluding hydrogens is 384 g/mol. The Morgan fingerprint density at radius 1 is 0.808 bits per heavy atom. The van der Waals surface area contributed by atoms with Gasteiger partial charge in [0, 0.05) is 6.92 Å². The topological polar surface area (TPSA) is 52.6 Å². The van der Waals surface area contributed by atoms with Crippen molar-refractivity contribution in [2.24, 2.45) is 0 Å². The summed E-state index contributed by atoms with van der Waals surface area (Å²) >= 11 is 0. The number of hydrogen-bond donors (Lipinski definition) is 0. The summed E-state index contributed by atoms with van der Waals surface area (Å²) in [5.41, 5.74) is -4.51. The predicted octanol–water partition coefficient (Wildman–Crippen LogP) is 4.08. The van der Waals surface area contributed by atoms with Crippen LogP contribution in [0.15, 0.2) is 18.2 Å². The average molecular weight is 394 g/mol. The third-order valence-corrected chi connectivity index (χ3v) is 2.73. The molecule has 0 fully saturated rings. The molecule has 146 valence electrons. The molecule has 0 aliphatic rings. The molecule has 0 heterocycles. The number of alkyl halides is 8. The maximum Gasteiger partial charge on any atom is 0.416 e. The van der Waals surface area contributed by atoms with Gasteiger partial charge in [-0.1, -0.05) is 0 Å². The molecule has 0 bridgehead atoms. The summed E-state index contributed by atoms with van der Waals surface area (Å²) in [6, 6.07) is 0.107. The first-order valence-corrected chi connectivity index (χ1v) is 6.64. The van der Waals surface area contributed by atoms with Crippen molar-refractivity contribution in [1.82, 2.24) is 0 Å². The van der Waals surface area contributed by atoms with E-state index in [2.05, 4.69) is 9.47 Å². The lowest BCUT2D eigenvalue weighted by Gasteiger charge is -2.14. The lowest BCUT2D eigenvalue weighted by atomic mass is 10.0. The molecular formula is C14H10F8O4. The Hall–Kier alpha value is -2.40. The molecule has 4 nitrogen and oxygen atoms in total. The average Bonchev–Trinajstić information content (AvgIpc) is 2.47. The summed E-state index contributed by atoms with van der Waals surface area (Å²) in [6.45, 7) is -1.47. The molecule has 0 aromatic heterocycles. The van der Waals surface area contributed by atoms with Crippen molar-refractivity contribution in [3.8, 4) is 0 Å². The fourth-order valence-electron chi connectivity index (χ4n) is 1.55. The molecule has 0 spiro atoms. The van der Waals surface area contributed by atoms with Crippen molar-refractivity contribution in [1.29, 1.82) is 0 Å². The van der Waals surface area contributed by atoms with Gasteiger partial charge >= 0.3 is 30.2 Å². The van der Waals surface area contributed by atoms with Crippen molar-refractivity contribution in [3.05, 3.63) is 34.9 Å². The zero-order chi connectivity index (χ0) is 20.3. The fraction of sp³-hybridized carbons (Fsp3) is 0.429. The summed E-state index contributed by atoms with van der Waals surface area (Å²) in [5.74, 6) is -7.33. The third-order valence-electron chi connectivity index (χ3n) is 2.73. The third kappa shape index (κ3) is 6.15. The highest BCUT2D eigenvalue weighted by molar-refractivity contribution is 5.90. The first-order chi connectivity index (χ1) is 11.6. The summed E-state index contributed by atoms with van der Waals surface area (Å²) in [5, 5.41) is 0. The molecule has 0 saturated carbocycles. The Labute approximate surface area is 140 Å². The van der Waals surface area contributed by atoms with Gasteiger partial charge in [0.15, 0.2) is 0 Å². The van der Waals surface area contributed by atoms with E-state index in [1.54, 1.807) is 0 Å². The molecule has 0 saturated heterocycles. The molecule has 26 heavy (non-hydrogen) atoms. The Balaban J connectivity index is 2.87. The summed E-state index contributed by atoms with van der Waals surface area (Å²) in [6.07, 6.45) is -10.3. The normalized spacial score (nSPS) is 12.7. The molecule has 0 aliphatic carbocycles. The minimum absolute atomic E-state index is 0.143. The molecule has 0 N–H and O–H groups in total. The highest BCUT2D eigenvalue weighted by atomic mass is 19.4. The van der Waals surface area contributed by atoms with Gasteiger partial charge in [0.25, 0.3) is 0 Å². The van der Waals surface area contributed by atoms with Gasteiger partial charge in [-0.3, -0.25) is 0 Å². The van der Waals surface area contributed by atoms with E-state index in [1.165, 1.54) is 0 Å². The maximum atomic E-state index is 12.7. The van der Waals surface area contributed by atoms with Gasteiger partial charge in [-0.2, -0.15) is 35.1 Å². The Morgan fingerprint density at radius 2 is 1.23 bits per heavy atom. The van der Waals surface area contributed by atoms with Gasteiger partial charge < -0.3 is 9.47 Å². The highest BCUT2D eigenvalue weighted by Gasteiger charge is 2.38. The van der Waals surface area contributed by atoms with E-state index in [0.717, 1.165) is 0 Å². The zero-order valence-corrected chi connectivity index (χ0v) is 12.8. The lowest BCUT2D eigenvalue weighted by molar-refractivity contribution is -0.170. The van der Waals surface area contributed by atoms with E-state index in [1.807, 2.05) is 0 Å². The Bertz CT molecular complexity index is 641. The highest BCUT2D eigenvalue weighted by Crippen LogP contribution is 2.36. The van der Waals surface area contributed by atoms with Gasteiger partial charge in [0.05, 0.1) is 16.7 Å². The van der Waals surface area contributed by atoms with E-state index >= 15 is 0 Å². The Kier molecular flexibility index (Phi) is 6.21. The molecule has 0 radical (unpaired) electrons. The quantitative estimate of drug-likeness (QED) is 0.429. The fourth-order valence-corrected chi connectivity index (χ4v) is 1.55.